The minimum Gasteiger partial charge on any atom is -0.491 e. The van der Waals surface area contributed by atoms with Gasteiger partial charge in [0.15, 0.2) is 0 Å². The fourth-order valence-electron chi connectivity index (χ4n) is 3.09. The van der Waals surface area contributed by atoms with Crippen molar-refractivity contribution in [2.45, 2.75) is 26.4 Å². The normalized spacial score (nSPS) is 25.4. The van der Waals surface area contributed by atoms with Gasteiger partial charge in [0.2, 0.25) is 0 Å². The van der Waals surface area contributed by atoms with E-state index in [1.54, 1.807) is 6.07 Å². The Kier molecular flexibility index (Phi) is 5.26. The molecule has 4 nitrogen and oxygen atoms in total. The number of aliphatic hydroxyl groups excluding tert-OH is 1. The summed E-state index contributed by atoms with van der Waals surface area (Å²) in [5, 5.41) is 10.1. The number of nitrogens with zero attached hydrogens (tertiary/aromatic N) is 1. The first kappa shape index (κ1) is 15.1. The van der Waals surface area contributed by atoms with Crippen LogP contribution in [0.2, 0.25) is 0 Å². The fraction of sp³-hybridized carbons (Fsp3) is 0.625. The van der Waals surface area contributed by atoms with Crippen LogP contribution in [0, 0.1) is 11.8 Å². The summed E-state index contributed by atoms with van der Waals surface area (Å²) in [5.74, 6) is 2.13. The van der Waals surface area contributed by atoms with Crippen LogP contribution < -0.4 is 10.5 Å². The third kappa shape index (κ3) is 4.69. The zero-order valence-electron chi connectivity index (χ0n) is 12.5. The molecule has 4 heteroatoms. The predicted octanol–water partition coefficient (Wildman–Crippen LogP) is 1.99. The first-order valence-corrected chi connectivity index (χ1v) is 7.41. The zero-order chi connectivity index (χ0) is 14.5. The summed E-state index contributed by atoms with van der Waals surface area (Å²) in [7, 11) is 0. The molecule has 2 rings (SSSR count). The van der Waals surface area contributed by atoms with Crippen LogP contribution >= 0.6 is 0 Å². The van der Waals surface area contributed by atoms with Gasteiger partial charge in [0.1, 0.15) is 18.5 Å². The van der Waals surface area contributed by atoms with Crippen LogP contribution in [-0.2, 0) is 0 Å². The maximum atomic E-state index is 10.1. The summed E-state index contributed by atoms with van der Waals surface area (Å²) in [5.41, 5.74) is 6.37. The minimum absolute atomic E-state index is 0.308. The molecule has 1 aromatic rings. The molecule has 0 spiro atoms. The number of benzene rings is 1. The summed E-state index contributed by atoms with van der Waals surface area (Å²) >= 11 is 0. The van der Waals surface area contributed by atoms with Gasteiger partial charge in [0.25, 0.3) is 0 Å². The van der Waals surface area contributed by atoms with Crippen LogP contribution in [0.1, 0.15) is 20.3 Å². The third-order valence-electron chi connectivity index (χ3n) is 3.71. The van der Waals surface area contributed by atoms with Gasteiger partial charge in [-0.1, -0.05) is 19.9 Å². The van der Waals surface area contributed by atoms with Crippen molar-refractivity contribution in [3.63, 3.8) is 0 Å². The lowest BCUT2D eigenvalue weighted by Gasteiger charge is -2.35. The molecule has 3 atom stereocenters. The Hall–Kier alpha value is -1.26. The molecular weight excluding hydrogens is 252 g/mol. The molecule has 1 aliphatic rings. The molecule has 20 heavy (non-hydrogen) atoms. The second-order valence-electron chi connectivity index (χ2n) is 6.20. The monoisotopic (exact) mass is 278 g/mol. The van der Waals surface area contributed by atoms with Gasteiger partial charge >= 0.3 is 0 Å². The van der Waals surface area contributed by atoms with Crippen LogP contribution in [0.5, 0.6) is 5.75 Å². The number of aliphatic hydroxyl groups is 1. The Bertz CT molecular complexity index is 415. The van der Waals surface area contributed by atoms with E-state index < -0.39 is 6.10 Å². The number of likely N-dealkylation sites (tertiary alicyclic amines) is 1. The van der Waals surface area contributed by atoms with E-state index in [1.807, 2.05) is 18.2 Å². The second kappa shape index (κ2) is 6.95. The minimum atomic E-state index is -0.464. The lowest BCUT2D eigenvalue weighted by atomic mass is 9.92. The Morgan fingerprint density at radius 3 is 2.70 bits per heavy atom. The summed E-state index contributed by atoms with van der Waals surface area (Å²) < 4.78 is 5.59. The molecule has 0 saturated carbocycles. The molecule has 0 aromatic heterocycles. The number of hydrogen-bond acceptors (Lipinski definition) is 4. The standard InChI is InChI=1S/C16H26N2O2/c1-12-6-13(2)9-18(8-12)10-15(19)11-20-16-5-3-4-14(17)7-16/h3-5,7,12-13,15,19H,6,8-11,17H2,1-2H3. The van der Waals surface area contributed by atoms with Gasteiger partial charge in [-0.05, 0) is 30.4 Å². The lowest BCUT2D eigenvalue weighted by molar-refractivity contribution is 0.0429. The van der Waals surface area contributed by atoms with E-state index in [9.17, 15) is 5.11 Å². The van der Waals surface area contributed by atoms with Gasteiger partial charge in [-0.25, -0.2) is 0 Å². The first-order valence-electron chi connectivity index (χ1n) is 7.41. The molecule has 3 N–H and O–H groups in total. The van der Waals surface area contributed by atoms with Crippen LogP contribution in [0.15, 0.2) is 24.3 Å². The van der Waals surface area contributed by atoms with E-state index in [4.69, 9.17) is 10.5 Å². The molecule has 1 heterocycles. The molecule has 0 radical (unpaired) electrons. The van der Waals surface area contributed by atoms with Crippen molar-refractivity contribution < 1.29 is 9.84 Å². The zero-order valence-corrected chi connectivity index (χ0v) is 12.5. The average molecular weight is 278 g/mol. The maximum absolute atomic E-state index is 10.1. The van der Waals surface area contributed by atoms with Gasteiger partial charge in [0.05, 0.1) is 0 Å². The molecule has 0 bridgehead atoms. The van der Waals surface area contributed by atoms with Crippen LogP contribution in [-0.4, -0.2) is 42.4 Å². The molecule has 0 amide bonds. The second-order valence-corrected chi connectivity index (χ2v) is 6.20. The van der Waals surface area contributed by atoms with Gasteiger partial charge in [-0.15, -0.1) is 0 Å². The SMILES string of the molecule is CC1CC(C)CN(CC(O)COc2cccc(N)c2)C1. The van der Waals surface area contributed by atoms with Crippen LogP contribution in [0.25, 0.3) is 0 Å². The van der Waals surface area contributed by atoms with E-state index in [2.05, 4.69) is 18.7 Å². The Morgan fingerprint density at radius 2 is 2.05 bits per heavy atom. The molecule has 0 aliphatic carbocycles. The van der Waals surface area contributed by atoms with Gasteiger partial charge in [-0.3, -0.25) is 0 Å². The van der Waals surface area contributed by atoms with E-state index in [-0.39, 0.29) is 0 Å². The van der Waals surface area contributed by atoms with Gasteiger partial charge < -0.3 is 20.5 Å². The lowest BCUT2D eigenvalue weighted by Crippen LogP contribution is -2.44. The van der Waals surface area contributed by atoms with Crippen LogP contribution in [0.3, 0.4) is 0 Å². The largest absolute Gasteiger partial charge is 0.491 e. The number of β-amino-alcohol motifs (C(OH)–C–C–N with tert-alkyl or cyclic N) is 1. The molecule has 3 unspecified atom stereocenters. The van der Waals surface area contributed by atoms with Crippen molar-refractivity contribution in [3.05, 3.63) is 24.3 Å². The summed E-state index contributed by atoms with van der Waals surface area (Å²) in [6.07, 6.45) is 0.820. The number of nitrogen functional groups attached to an aromatic ring is 1. The topological polar surface area (TPSA) is 58.7 Å². The van der Waals surface area contributed by atoms with Gasteiger partial charge in [0, 0.05) is 31.4 Å². The molecule has 1 aliphatic heterocycles. The fourth-order valence-corrected chi connectivity index (χ4v) is 3.09. The highest BCUT2D eigenvalue weighted by Gasteiger charge is 2.23. The van der Waals surface area contributed by atoms with Crippen molar-refractivity contribution in [1.29, 1.82) is 0 Å². The van der Waals surface area contributed by atoms with Crippen molar-refractivity contribution in [1.82, 2.24) is 4.90 Å². The molecular formula is C16H26N2O2. The van der Waals surface area contributed by atoms with Crippen molar-refractivity contribution in [2.24, 2.45) is 11.8 Å². The molecule has 112 valence electrons. The molecule has 1 saturated heterocycles. The van der Waals surface area contributed by atoms with Crippen molar-refractivity contribution in [3.8, 4) is 5.75 Å². The van der Waals surface area contributed by atoms with E-state index in [0.717, 1.165) is 13.1 Å². The Labute approximate surface area is 121 Å². The van der Waals surface area contributed by atoms with E-state index >= 15 is 0 Å². The smallest absolute Gasteiger partial charge is 0.121 e. The van der Waals surface area contributed by atoms with E-state index in [0.29, 0.717) is 36.4 Å². The molecule has 1 aromatic carbocycles. The highest BCUT2D eigenvalue weighted by Crippen LogP contribution is 2.21. The number of ether oxygens (including phenoxy) is 1. The van der Waals surface area contributed by atoms with Crippen molar-refractivity contribution in [2.75, 3.05) is 32.0 Å². The summed E-state index contributed by atoms with van der Waals surface area (Å²) in [6, 6.07) is 7.30. The predicted molar refractivity (Wildman–Crippen MR) is 81.7 cm³/mol. The third-order valence-corrected chi connectivity index (χ3v) is 3.71. The van der Waals surface area contributed by atoms with Crippen molar-refractivity contribution >= 4 is 5.69 Å². The Balaban J connectivity index is 1.76. The first-order chi connectivity index (χ1) is 9.52. The Morgan fingerprint density at radius 1 is 1.35 bits per heavy atom. The number of rotatable bonds is 5. The van der Waals surface area contributed by atoms with Gasteiger partial charge in [-0.2, -0.15) is 0 Å². The van der Waals surface area contributed by atoms with E-state index in [1.165, 1.54) is 6.42 Å². The number of nitrogens with two attached hydrogens (primary N) is 1. The summed E-state index contributed by atoms with van der Waals surface area (Å²) in [6.45, 7) is 7.68. The highest BCUT2D eigenvalue weighted by atomic mass is 16.5. The quantitative estimate of drug-likeness (QED) is 0.809. The van der Waals surface area contributed by atoms with Crippen LogP contribution in [0.4, 0.5) is 5.69 Å². The highest BCUT2D eigenvalue weighted by molar-refractivity contribution is 5.43. The summed E-state index contributed by atoms with van der Waals surface area (Å²) in [4.78, 5) is 2.34. The number of anilines is 1. The maximum Gasteiger partial charge on any atom is 0.121 e. The number of hydrogen-bond donors (Lipinski definition) is 2. The average Bonchev–Trinajstić information content (AvgIpc) is 2.35. The molecule has 1 fully saturated rings. The number of piperidine rings is 1.